The van der Waals surface area contributed by atoms with Gasteiger partial charge in [0, 0.05) is 4.47 Å². The third kappa shape index (κ3) is 5.98. The van der Waals surface area contributed by atoms with Crippen molar-refractivity contribution in [3.05, 3.63) is 33.3 Å². The van der Waals surface area contributed by atoms with Crippen LogP contribution in [0.4, 0.5) is 0 Å². The third-order valence-electron chi connectivity index (χ3n) is 3.63. The Morgan fingerprint density at radius 2 is 1.96 bits per heavy atom. The lowest BCUT2D eigenvalue weighted by atomic mass is 9.95. The largest absolute Gasteiger partial charge is 0.478 e. The number of halogens is 1. The minimum absolute atomic E-state index is 0.0598. The van der Waals surface area contributed by atoms with Crippen LogP contribution < -0.4 is 0 Å². The second-order valence-corrected chi connectivity index (χ2v) is 6.88. The monoisotopic (exact) mass is 384 g/mol. The summed E-state index contributed by atoms with van der Waals surface area (Å²) in [7, 11) is 0. The molecule has 128 valence electrons. The molecule has 0 heterocycles. The lowest BCUT2D eigenvalue weighted by molar-refractivity contribution is 0.0489. The van der Waals surface area contributed by atoms with E-state index >= 15 is 0 Å². The first kappa shape index (κ1) is 19.7. The van der Waals surface area contributed by atoms with Crippen LogP contribution in [-0.2, 0) is 11.2 Å². The van der Waals surface area contributed by atoms with Crippen LogP contribution in [0.1, 0.15) is 72.7 Å². The Kier molecular flexibility index (Phi) is 8.31. The van der Waals surface area contributed by atoms with Crippen LogP contribution in [0.3, 0.4) is 0 Å². The number of hydrogen-bond donors (Lipinski definition) is 1. The summed E-state index contributed by atoms with van der Waals surface area (Å²) in [5, 5.41) is 9.57. The molecule has 1 aromatic rings. The number of carbonyl (C=O) groups excluding carboxylic acids is 1. The predicted octanol–water partition coefficient (Wildman–Crippen LogP) is 5.08. The number of esters is 1. The highest BCUT2D eigenvalue weighted by atomic mass is 79.9. The van der Waals surface area contributed by atoms with E-state index in [9.17, 15) is 14.7 Å². The summed E-state index contributed by atoms with van der Waals surface area (Å²) in [6.45, 7) is 6.58. The Balaban J connectivity index is 3.06. The van der Waals surface area contributed by atoms with Crippen LogP contribution in [0, 0.1) is 5.92 Å². The first-order chi connectivity index (χ1) is 10.9. The second-order valence-electron chi connectivity index (χ2n) is 6.03. The molecule has 0 bridgehead atoms. The van der Waals surface area contributed by atoms with Gasteiger partial charge in [0.05, 0.1) is 17.7 Å². The van der Waals surface area contributed by atoms with E-state index in [1.54, 1.807) is 6.07 Å². The molecule has 0 fully saturated rings. The highest BCUT2D eigenvalue weighted by Crippen LogP contribution is 2.27. The smallest absolute Gasteiger partial charge is 0.339 e. The van der Waals surface area contributed by atoms with Gasteiger partial charge < -0.3 is 9.84 Å². The molecule has 1 N–H and O–H groups in total. The van der Waals surface area contributed by atoms with Crippen molar-refractivity contribution in [2.45, 2.75) is 52.9 Å². The summed E-state index contributed by atoms with van der Waals surface area (Å²) in [6.07, 6.45) is 4.20. The van der Waals surface area contributed by atoms with Gasteiger partial charge in [-0.25, -0.2) is 9.59 Å². The molecular weight excluding hydrogens is 360 g/mol. The zero-order valence-corrected chi connectivity index (χ0v) is 15.6. The third-order valence-corrected chi connectivity index (χ3v) is 4.37. The van der Waals surface area contributed by atoms with Crippen molar-refractivity contribution in [1.29, 1.82) is 0 Å². The molecule has 0 aliphatic rings. The Labute approximate surface area is 146 Å². The van der Waals surface area contributed by atoms with Crippen LogP contribution in [0.25, 0.3) is 0 Å². The lowest BCUT2D eigenvalue weighted by Crippen LogP contribution is -2.15. The fourth-order valence-electron chi connectivity index (χ4n) is 2.36. The van der Waals surface area contributed by atoms with E-state index in [0.717, 1.165) is 30.2 Å². The van der Waals surface area contributed by atoms with Gasteiger partial charge in [0.15, 0.2) is 0 Å². The molecule has 1 rings (SSSR count). The molecule has 0 aromatic heterocycles. The zero-order valence-electron chi connectivity index (χ0n) is 14.0. The molecular formula is C18H25BrO4. The summed E-state index contributed by atoms with van der Waals surface area (Å²) < 4.78 is 5.91. The minimum Gasteiger partial charge on any atom is -0.478 e. The van der Waals surface area contributed by atoms with Gasteiger partial charge in [0.1, 0.15) is 0 Å². The normalized spacial score (nSPS) is 10.8. The maximum absolute atomic E-state index is 12.2. The van der Waals surface area contributed by atoms with E-state index in [1.807, 2.05) is 6.92 Å². The highest BCUT2D eigenvalue weighted by Gasteiger charge is 2.23. The van der Waals surface area contributed by atoms with Gasteiger partial charge in [-0.2, -0.15) is 0 Å². The fourth-order valence-corrected chi connectivity index (χ4v) is 2.88. The number of carbonyl (C=O) groups is 2. The van der Waals surface area contributed by atoms with E-state index in [-0.39, 0.29) is 11.1 Å². The van der Waals surface area contributed by atoms with Crippen LogP contribution in [-0.4, -0.2) is 23.7 Å². The molecule has 0 unspecified atom stereocenters. The molecule has 4 nitrogen and oxygen atoms in total. The standard InChI is InChI=1S/C18H25BrO4/c1-4-5-11-23-18(22)14-9-10-15(19)13(16(14)17(20)21)8-6-7-12(2)3/h9-10,12H,4-8,11H2,1-3H3,(H,20,21). The number of rotatable bonds is 9. The Hall–Kier alpha value is -1.36. The molecule has 23 heavy (non-hydrogen) atoms. The molecule has 0 amide bonds. The summed E-state index contributed by atoms with van der Waals surface area (Å²) >= 11 is 3.41. The van der Waals surface area contributed by atoms with Gasteiger partial charge >= 0.3 is 11.9 Å². The van der Waals surface area contributed by atoms with Gasteiger partial charge in [0.25, 0.3) is 0 Å². The number of carboxylic acids is 1. The summed E-state index contributed by atoms with van der Waals surface area (Å²) in [6, 6.07) is 3.25. The molecule has 0 atom stereocenters. The molecule has 0 aliphatic carbocycles. The lowest BCUT2D eigenvalue weighted by Gasteiger charge is -2.14. The molecule has 0 radical (unpaired) electrons. The van der Waals surface area contributed by atoms with Crippen molar-refractivity contribution in [3.63, 3.8) is 0 Å². The number of carboxylic acid groups (broad SMARTS) is 1. The zero-order chi connectivity index (χ0) is 17.4. The van der Waals surface area contributed by atoms with Crippen molar-refractivity contribution in [3.8, 4) is 0 Å². The van der Waals surface area contributed by atoms with Crippen molar-refractivity contribution in [2.75, 3.05) is 6.61 Å². The molecule has 0 spiro atoms. The van der Waals surface area contributed by atoms with Crippen molar-refractivity contribution >= 4 is 27.9 Å². The summed E-state index contributed by atoms with van der Waals surface area (Å²) in [5.74, 6) is -1.09. The first-order valence-corrected chi connectivity index (χ1v) is 8.89. The molecule has 1 aromatic carbocycles. The van der Waals surface area contributed by atoms with E-state index in [2.05, 4.69) is 29.8 Å². The fraction of sp³-hybridized carbons (Fsp3) is 0.556. The number of ether oxygens (including phenoxy) is 1. The molecule has 5 heteroatoms. The highest BCUT2D eigenvalue weighted by molar-refractivity contribution is 9.10. The van der Waals surface area contributed by atoms with E-state index in [4.69, 9.17) is 4.74 Å². The molecule has 0 aliphatic heterocycles. The van der Waals surface area contributed by atoms with Crippen LogP contribution >= 0.6 is 15.9 Å². The SMILES string of the molecule is CCCCOC(=O)c1ccc(Br)c(CCCC(C)C)c1C(=O)O. The summed E-state index contributed by atoms with van der Waals surface area (Å²) in [4.78, 5) is 23.9. The van der Waals surface area contributed by atoms with Crippen LogP contribution in [0.15, 0.2) is 16.6 Å². The average molecular weight is 385 g/mol. The number of benzene rings is 1. The molecule has 0 saturated heterocycles. The maximum atomic E-state index is 12.2. The van der Waals surface area contributed by atoms with Crippen LogP contribution in [0.5, 0.6) is 0 Å². The predicted molar refractivity (Wildman–Crippen MR) is 94.1 cm³/mol. The van der Waals surface area contributed by atoms with Gasteiger partial charge in [-0.05, 0) is 42.9 Å². The average Bonchev–Trinajstić information content (AvgIpc) is 2.48. The Bertz CT molecular complexity index is 552. The van der Waals surface area contributed by atoms with Crippen molar-refractivity contribution in [1.82, 2.24) is 0 Å². The first-order valence-electron chi connectivity index (χ1n) is 8.10. The van der Waals surface area contributed by atoms with E-state index in [1.165, 1.54) is 6.07 Å². The van der Waals surface area contributed by atoms with E-state index in [0.29, 0.717) is 24.5 Å². The van der Waals surface area contributed by atoms with Gasteiger partial charge in [0.2, 0.25) is 0 Å². The van der Waals surface area contributed by atoms with Crippen molar-refractivity contribution < 1.29 is 19.4 Å². The van der Waals surface area contributed by atoms with Gasteiger partial charge in [-0.15, -0.1) is 0 Å². The van der Waals surface area contributed by atoms with Gasteiger partial charge in [-0.3, -0.25) is 0 Å². The van der Waals surface area contributed by atoms with Crippen LogP contribution in [0.2, 0.25) is 0 Å². The number of unbranched alkanes of at least 4 members (excludes halogenated alkanes) is 1. The maximum Gasteiger partial charge on any atom is 0.339 e. The topological polar surface area (TPSA) is 63.6 Å². The van der Waals surface area contributed by atoms with Gasteiger partial charge in [-0.1, -0.05) is 49.5 Å². The number of hydrogen-bond acceptors (Lipinski definition) is 3. The summed E-state index contributed by atoms with van der Waals surface area (Å²) in [5.41, 5.74) is 0.865. The molecule has 0 saturated carbocycles. The Morgan fingerprint density at radius 3 is 2.52 bits per heavy atom. The quantitative estimate of drug-likeness (QED) is 0.476. The van der Waals surface area contributed by atoms with E-state index < -0.39 is 11.9 Å². The van der Waals surface area contributed by atoms with Crippen molar-refractivity contribution in [2.24, 2.45) is 5.92 Å². The minimum atomic E-state index is -1.09. The number of aromatic carboxylic acids is 1. The Morgan fingerprint density at radius 1 is 1.26 bits per heavy atom. The second kappa shape index (κ2) is 9.71.